The van der Waals surface area contributed by atoms with Crippen molar-refractivity contribution in [3.8, 4) is 5.75 Å². The molecule has 1 atom stereocenters. The molecule has 28 heavy (non-hydrogen) atoms. The van der Waals surface area contributed by atoms with Gasteiger partial charge in [-0.2, -0.15) is 0 Å². The maximum atomic E-state index is 10.6. The maximum absolute atomic E-state index is 10.6. The Bertz CT molecular complexity index is 545. The molecule has 1 unspecified atom stereocenters. The van der Waals surface area contributed by atoms with Gasteiger partial charge in [0.05, 0.1) is 31.8 Å². The number of nitrogens with two attached hydrogens (primary N) is 1. The molecular weight excluding hydrogens is 358 g/mol. The predicted molar refractivity (Wildman–Crippen MR) is 114 cm³/mol. The summed E-state index contributed by atoms with van der Waals surface area (Å²) >= 11 is 0. The number of aliphatic hydroxyl groups excluding tert-OH is 4. The molecule has 0 aliphatic heterocycles. The van der Waals surface area contributed by atoms with Crippen LogP contribution in [0.4, 0.5) is 0 Å². The van der Waals surface area contributed by atoms with Crippen LogP contribution < -0.4 is 5.73 Å². The molecule has 6 nitrogen and oxygen atoms in total. The lowest BCUT2D eigenvalue weighted by atomic mass is 9.77. The van der Waals surface area contributed by atoms with Gasteiger partial charge in [-0.15, -0.1) is 0 Å². The fourth-order valence-electron chi connectivity index (χ4n) is 2.52. The molecule has 1 aromatic rings. The lowest BCUT2D eigenvalue weighted by molar-refractivity contribution is -0.0328. The van der Waals surface area contributed by atoms with Crippen LogP contribution in [-0.2, 0) is 10.8 Å². The molecule has 1 aromatic carbocycles. The van der Waals surface area contributed by atoms with Crippen LogP contribution in [0.15, 0.2) is 12.1 Å². The van der Waals surface area contributed by atoms with Crippen molar-refractivity contribution < 1.29 is 25.5 Å². The standard InChI is InChI=1S/C17H29NO.C5H12O4/c1-11(10-18)12-8-13(16(2,3)4)15(19)14(9-12)17(5,6)7;6-1-5(2-7,3-8)4-9/h8-9,11,19H,10,18H2,1-7H3;6-9H,1-4H2. The fraction of sp³-hybridized carbons (Fsp3) is 0.727. The number of phenolic OH excluding ortho intramolecular Hbond substituents is 1. The Morgan fingerprint density at radius 1 is 0.786 bits per heavy atom. The van der Waals surface area contributed by atoms with Crippen LogP contribution in [0.25, 0.3) is 0 Å². The molecule has 0 saturated carbocycles. The van der Waals surface area contributed by atoms with E-state index >= 15 is 0 Å². The highest BCUT2D eigenvalue weighted by Gasteiger charge is 2.27. The molecule has 1 rings (SSSR count). The van der Waals surface area contributed by atoms with Crippen molar-refractivity contribution in [2.45, 2.75) is 65.2 Å². The number of aromatic hydroxyl groups is 1. The van der Waals surface area contributed by atoms with Crippen molar-refractivity contribution in [3.63, 3.8) is 0 Å². The summed E-state index contributed by atoms with van der Waals surface area (Å²) in [6.07, 6.45) is 0. The third-order valence-electron chi connectivity index (χ3n) is 5.01. The van der Waals surface area contributed by atoms with Crippen molar-refractivity contribution in [1.82, 2.24) is 0 Å². The second-order valence-corrected chi connectivity index (χ2v) is 9.73. The van der Waals surface area contributed by atoms with Crippen LogP contribution in [0.3, 0.4) is 0 Å². The van der Waals surface area contributed by atoms with E-state index in [1.165, 1.54) is 5.56 Å². The van der Waals surface area contributed by atoms with Gasteiger partial charge in [0.2, 0.25) is 0 Å². The Balaban J connectivity index is 0.000000684. The third kappa shape index (κ3) is 7.01. The molecule has 7 N–H and O–H groups in total. The van der Waals surface area contributed by atoms with E-state index in [0.29, 0.717) is 18.2 Å². The zero-order valence-electron chi connectivity index (χ0n) is 18.6. The van der Waals surface area contributed by atoms with E-state index in [9.17, 15) is 5.11 Å². The minimum Gasteiger partial charge on any atom is -0.507 e. The van der Waals surface area contributed by atoms with E-state index in [-0.39, 0.29) is 10.8 Å². The number of aliphatic hydroxyl groups is 4. The molecule has 0 heterocycles. The smallest absolute Gasteiger partial charge is 0.123 e. The first-order valence-electron chi connectivity index (χ1n) is 9.74. The second-order valence-electron chi connectivity index (χ2n) is 9.73. The van der Waals surface area contributed by atoms with E-state index in [1.807, 2.05) is 0 Å². The number of benzene rings is 1. The van der Waals surface area contributed by atoms with Crippen molar-refractivity contribution in [3.05, 3.63) is 28.8 Å². The van der Waals surface area contributed by atoms with Crippen molar-refractivity contribution in [2.75, 3.05) is 33.0 Å². The lowest BCUT2D eigenvalue weighted by Gasteiger charge is -2.29. The minimum absolute atomic E-state index is 0.0750. The highest BCUT2D eigenvalue weighted by atomic mass is 16.3. The van der Waals surface area contributed by atoms with Crippen LogP contribution in [-0.4, -0.2) is 58.5 Å². The Morgan fingerprint density at radius 3 is 1.29 bits per heavy atom. The summed E-state index contributed by atoms with van der Waals surface area (Å²) < 4.78 is 0. The summed E-state index contributed by atoms with van der Waals surface area (Å²) in [7, 11) is 0. The number of hydrogen-bond donors (Lipinski definition) is 6. The predicted octanol–water partition coefficient (Wildman–Crippen LogP) is 1.99. The monoisotopic (exact) mass is 399 g/mol. The van der Waals surface area contributed by atoms with E-state index in [0.717, 1.165) is 11.1 Å². The highest BCUT2D eigenvalue weighted by molar-refractivity contribution is 5.50. The molecule has 0 aromatic heterocycles. The maximum Gasteiger partial charge on any atom is 0.123 e. The normalized spacial score (nSPS) is 13.7. The van der Waals surface area contributed by atoms with Crippen LogP contribution in [0.2, 0.25) is 0 Å². The first kappa shape index (κ1) is 26.8. The molecule has 0 saturated heterocycles. The van der Waals surface area contributed by atoms with E-state index in [1.54, 1.807) is 0 Å². The molecule has 0 spiro atoms. The van der Waals surface area contributed by atoms with Gasteiger partial charge in [-0.05, 0) is 40.0 Å². The fourth-order valence-corrected chi connectivity index (χ4v) is 2.52. The second kappa shape index (κ2) is 10.6. The summed E-state index contributed by atoms with van der Waals surface area (Å²) in [4.78, 5) is 0. The van der Waals surface area contributed by atoms with E-state index < -0.39 is 31.8 Å². The number of rotatable bonds is 6. The molecule has 164 valence electrons. The minimum atomic E-state index is -1.11. The average Bonchev–Trinajstić information content (AvgIpc) is 2.62. The molecular formula is C22H41NO5. The van der Waals surface area contributed by atoms with Gasteiger partial charge in [-0.25, -0.2) is 0 Å². The zero-order chi connectivity index (χ0) is 22.3. The molecule has 0 bridgehead atoms. The van der Waals surface area contributed by atoms with Gasteiger partial charge in [0.1, 0.15) is 5.75 Å². The van der Waals surface area contributed by atoms with Crippen LogP contribution in [0.5, 0.6) is 5.75 Å². The molecule has 0 aliphatic rings. The van der Waals surface area contributed by atoms with E-state index in [2.05, 4.69) is 60.6 Å². The van der Waals surface area contributed by atoms with Crippen molar-refractivity contribution >= 4 is 0 Å². The summed E-state index contributed by atoms with van der Waals surface area (Å²) in [5.41, 5.74) is 7.77. The van der Waals surface area contributed by atoms with Gasteiger partial charge in [0.25, 0.3) is 0 Å². The Hall–Kier alpha value is -1.18. The first-order chi connectivity index (χ1) is 12.7. The quantitative estimate of drug-likeness (QED) is 0.434. The number of hydrogen-bond acceptors (Lipinski definition) is 6. The first-order valence-corrected chi connectivity index (χ1v) is 9.74. The molecule has 0 amide bonds. The Kier molecular flexibility index (Phi) is 10.1. The Labute approximate surface area is 170 Å². The molecule has 0 fully saturated rings. The topological polar surface area (TPSA) is 127 Å². The van der Waals surface area contributed by atoms with Gasteiger partial charge >= 0.3 is 0 Å². The molecule has 0 radical (unpaired) electrons. The SMILES string of the molecule is CC(CN)c1cc(C(C)(C)C)c(O)c(C(C)(C)C)c1.OCC(CO)(CO)CO. The van der Waals surface area contributed by atoms with Crippen LogP contribution >= 0.6 is 0 Å². The van der Waals surface area contributed by atoms with Gasteiger partial charge < -0.3 is 31.3 Å². The largest absolute Gasteiger partial charge is 0.507 e. The Morgan fingerprint density at radius 2 is 1.11 bits per heavy atom. The van der Waals surface area contributed by atoms with Gasteiger partial charge in [0, 0.05) is 0 Å². The summed E-state index contributed by atoms with van der Waals surface area (Å²) in [6.45, 7) is 13.9. The third-order valence-corrected chi connectivity index (χ3v) is 5.01. The van der Waals surface area contributed by atoms with Gasteiger partial charge in [0.15, 0.2) is 0 Å². The van der Waals surface area contributed by atoms with Crippen LogP contribution in [0, 0.1) is 5.41 Å². The van der Waals surface area contributed by atoms with Crippen LogP contribution in [0.1, 0.15) is 71.1 Å². The van der Waals surface area contributed by atoms with Gasteiger partial charge in [-0.3, -0.25) is 0 Å². The molecule has 6 heteroatoms. The number of phenols is 1. The zero-order valence-corrected chi connectivity index (χ0v) is 18.6. The lowest BCUT2D eigenvalue weighted by Crippen LogP contribution is -2.37. The van der Waals surface area contributed by atoms with Crippen molar-refractivity contribution in [1.29, 1.82) is 0 Å². The van der Waals surface area contributed by atoms with Gasteiger partial charge in [-0.1, -0.05) is 60.6 Å². The summed E-state index contributed by atoms with van der Waals surface area (Å²) in [5, 5.41) is 44.6. The summed E-state index contributed by atoms with van der Waals surface area (Å²) in [5.74, 6) is 0.746. The molecule has 0 aliphatic carbocycles. The van der Waals surface area contributed by atoms with E-state index in [4.69, 9.17) is 26.2 Å². The summed E-state index contributed by atoms with van der Waals surface area (Å²) in [6, 6.07) is 4.23. The highest BCUT2D eigenvalue weighted by Crippen LogP contribution is 2.40. The average molecular weight is 400 g/mol. The van der Waals surface area contributed by atoms with Crippen molar-refractivity contribution in [2.24, 2.45) is 11.1 Å².